The van der Waals surface area contributed by atoms with E-state index in [1.165, 1.54) is 10.5 Å². The van der Waals surface area contributed by atoms with E-state index < -0.39 is 16.1 Å². The molecule has 3 N–H and O–H groups in total. The van der Waals surface area contributed by atoms with Crippen LogP contribution in [0.3, 0.4) is 0 Å². The highest BCUT2D eigenvalue weighted by Crippen LogP contribution is 2.29. The molecule has 0 saturated carbocycles. The molecule has 130 valence electrons. The first-order chi connectivity index (χ1) is 11.0. The number of rotatable bonds is 4. The summed E-state index contributed by atoms with van der Waals surface area (Å²) in [5, 5.41) is 4.41. The van der Waals surface area contributed by atoms with Gasteiger partial charge in [-0.1, -0.05) is 6.07 Å². The smallest absolute Gasteiger partial charge is 0.253 e. The maximum absolute atomic E-state index is 12.6. The Morgan fingerprint density at radius 3 is 2.79 bits per heavy atom. The second-order valence-electron chi connectivity index (χ2n) is 5.17. The second-order valence-corrected chi connectivity index (χ2v) is 8.23. The van der Waals surface area contributed by atoms with Crippen LogP contribution in [0.2, 0.25) is 0 Å². The molecule has 1 saturated heterocycles. The Balaban J connectivity index is 0.00000208. The second kappa shape index (κ2) is 7.47. The SMILES string of the molecule is Cl.Nc1ccc(NC(=O)C2CCCN2S(=O)(=O)c2cccs2)cn1. The number of nitrogens with zero attached hydrogens (tertiary/aromatic N) is 2. The molecule has 3 rings (SSSR count). The van der Waals surface area contributed by atoms with Crippen molar-refractivity contribution in [2.45, 2.75) is 23.1 Å². The highest BCUT2D eigenvalue weighted by molar-refractivity contribution is 7.91. The number of thiophene rings is 1. The van der Waals surface area contributed by atoms with Crippen LogP contribution < -0.4 is 11.1 Å². The molecule has 2 aromatic rings. The molecule has 1 amide bonds. The number of carbonyl (C=O) groups is 1. The van der Waals surface area contributed by atoms with Crippen molar-refractivity contribution < 1.29 is 13.2 Å². The maximum atomic E-state index is 12.6. The van der Waals surface area contributed by atoms with E-state index in [0.717, 1.165) is 11.3 Å². The first kappa shape index (κ1) is 18.7. The topological polar surface area (TPSA) is 105 Å². The van der Waals surface area contributed by atoms with Crippen LogP contribution in [0.15, 0.2) is 40.1 Å². The standard InChI is InChI=1S/C14H16N4O3S2.ClH/c15-12-6-5-10(9-16-12)17-14(19)11-3-1-7-18(11)23(20,21)13-4-2-8-22-13;/h2,4-6,8-9,11H,1,3,7H2,(H2,15,16)(H,17,19);1H. The maximum Gasteiger partial charge on any atom is 0.253 e. The fourth-order valence-corrected chi connectivity index (χ4v) is 5.30. The summed E-state index contributed by atoms with van der Waals surface area (Å²) in [6.45, 7) is 0.346. The molecule has 3 heterocycles. The Morgan fingerprint density at radius 2 is 2.17 bits per heavy atom. The van der Waals surface area contributed by atoms with Crippen molar-refractivity contribution in [2.24, 2.45) is 0 Å². The Morgan fingerprint density at radius 1 is 1.38 bits per heavy atom. The van der Waals surface area contributed by atoms with E-state index in [1.807, 2.05) is 0 Å². The lowest BCUT2D eigenvalue weighted by molar-refractivity contribution is -0.119. The van der Waals surface area contributed by atoms with E-state index in [-0.39, 0.29) is 22.5 Å². The largest absolute Gasteiger partial charge is 0.384 e. The molecule has 1 atom stereocenters. The van der Waals surface area contributed by atoms with Gasteiger partial charge < -0.3 is 11.1 Å². The summed E-state index contributed by atoms with van der Waals surface area (Å²) in [5.74, 6) is -0.0000300. The van der Waals surface area contributed by atoms with Gasteiger partial charge in [-0.2, -0.15) is 4.31 Å². The fourth-order valence-electron chi connectivity index (χ4n) is 2.52. The van der Waals surface area contributed by atoms with Gasteiger partial charge in [0.1, 0.15) is 16.1 Å². The van der Waals surface area contributed by atoms with E-state index in [4.69, 9.17) is 5.73 Å². The van der Waals surface area contributed by atoms with Gasteiger partial charge in [-0.3, -0.25) is 4.79 Å². The van der Waals surface area contributed by atoms with Crippen LogP contribution >= 0.6 is 23.7 Å². The zero-order valence-corrected chi connectivity index (χ0v) is 15.0. The number of halogens is 1. The number of nitrogens with one attached hydrogen (secondary N) is 1. The van der Waals surface area contributed by atoms with Crippen molar-refractivity contribution in [1.82, 2.24) is 9.29 Å². The van der Waals surface area contributed by atoms with Gasteiger partial charge in [0.25, 0.3) is 10.0 Å². The Bertz CT molecular complexity index is 794. The molecule has 0 bridgehead atoms. The summed E-state index contributed by atoms with van der Waals surface area (Å²) < 4.78 is 26.8. The van der Waals surface area contributed by atoms with E-state index in [0.29, 0.717) is 30.9 Å². The molecule has 10 heteroatoms. The number of carbonyl (C=O) groups excluding carboxylic acids is 1. The van der Waals surface area contributed by atoms with Crippen molar-refractivity contribution in [3.05, 3.63) is 35.8 Å². The van der Waals surface area contributed by atoms with Gasteiger partial charge in [-0.25, -0.2) is 13.4 Å². The average molecular weight is 389 g/mol. The summed E-state index contributed by atoms with van der Waals surface area (Å²) in [7, 11) is -3.63. The van der Waals surface area contributed by atoms with Crippen LogP contribution in [-0.2, 0) is 14.8 Å². The Kier molecular flexibility index (Phi) is 5.81. The molecule has 0 spiro atoms. The molecule has 1 unspecified atom stereocenters. The molecule has 24 heavy (non-hydrogen) atoms. The van der Waals surface area contributed by atoms with Gasteiger partial charge in [0.15, 0.2) is 0 Å². The zero-order chi connectivity index (χ0) is 16.4. The number of aromatic nitrogens is 1. The van der Waals surface area contributed by atoms with Crippen LogP contribution in [0, 0.1) is 0 Å². The molecular formula is C14H17ClN4O3S2. The monoisotopic (exact) mass is 388 g/mol. The van der Waals surface area contributed by atoms with Gasteiger partial charge >= 0.3 is 0 Å². The minimum atomic E-state index is -3.63. The van der Waals surface area contributed by atoms with Gasteiger partial charge in [0.05, 0.1) is 11.9 Å². The van der Waals surface area contributed by atoms with Crippen LogP contribution in [0.4, 0.5) is 11.5 Å². The first-order valence-electron chi connectivity index (χ1n) is 7.06. The number of anilines is 2. The number of nitrogens with two attached hydrogens (primary N) is 1. The summed E-state index contributed by atoms with van der Waals surface area (Å²) in [6.07, 6.45) is 2.60. The zero-order valence-electron chi connectivity index (χ0n) is 12.6. The third-order valence-electron chi connectivity index (χ3n) is 3.62. The molecular weight excluding hydrogens is 372 g/mol. The number of hydrogen-bond acceptors (Lipinski definition) is 6. The molecule has 7 nitrogen and oxygen atoms in total. The van der Waals surface area contributed by atoms with Crippen molar-refractivity contribution >= 4 is 51.2 Å². The summed E-state index contributed by atoms with van der Waals surface area (Å²) in [5.41, 5.74) is 5.99. The predicted molar refractivity (Wildman–Crippen MR) is 95.8 cm³/mol. The summed E-state index contributed by atoms with van der Waals surface area (Å²) in [4.78, 5) is 16.4. The average Bonchev–Trinajstić information content (AvgIpc) is 3.21. The third-order valence-corrected chi connectivity index (χ3v) is 6.90. The van der Waals surface area contributed by atoms with E-state index >= 15 is 0 Å². The van der Waals surface area contributed by atoms with Gasteiger partial charge in [-0.15, -0.1) is 23.7 Å². The lowest BCUT2D eigenvalue weighted by Crippen LogP contribution is -2.42. The highest BCUT2D eigenvalue weighted by atomic mass is 35.5. The van der Waals surface area contributed by atoms with Crippen molar-refractivity contribution in [3.8, 4) is 0 Å². The quantitative estimate of drug-likeness (QED) is 0.832. The fraction of sp³-hybridized carbons (Fsp3) is 0.286. The third kappa shape index (κ3) is 3.69. The molecule has 1 aliphatic heterocycles. The van der Waals surface area contributed by atoms with Gasteiger partial charge in [0, 0.05) is 6.54 Å². The number of nitrogen functional groups attached to an aromatic ring is 1. The Hall–Kier alpha value is -1.68. The normalized spacial score (nSPS) is 18.1. The van der Waals surface area contributed by atoms with Crippen molar-refractivity contribution in [2.75, 3.05) is 17.6 Å². The predicted octanol–water partition coefficient (Wildman–Crippen LogP) is 1.94. The minimum absolute atomic E-state index is 0. The molecule has 0 aromatic carbocycles. The molecule has 2 aromatic heterocycles. The van der Waals surface area contributed by atoms with Crippen molar-refractivity contribution in [1.29, 1.82) is 0 Å². The van der Waals surface area contributed by atoms with Crippen LogP contribution in [0.5, 0.6) is 0 Å². The highest BCUT2D eigenvalue weighted by Gasteiger charge is 2.39. The number of pyridine rings is 1. The molecule has 0 radical (unpaired) electrons. The van der Waals surface area contributed by atoms with E-state index in [1.54, 1.807) is 29.6 Å². The molecule has 0 aliphatic carbocycles. The summed E-state index contributed by atoms with van der Waals surface area (Å²) in [6, 6.07) is 5.73. The van der Waals surface area contributed by atoms with Crippen molar-refractivity contribution in [3.63, 3.8) is 0 Å². The minimum Gasteiger partial charge on any atom is -0.384 e. The lowest BCUT2D eigenvalue weighted by atomic mass is 10.2. The lowest BCUT2D eigenvalue weighted by Gasteiger charge is -2.22. The summed E-state index contributed by atoms with van der Waals surface area (Å²) >= 11 is 1.15. The molecule has 1 aliphatic rings. The first-order valence-corrected chi connectivity index (χ1v) is 9.38. The van der Waals surface area contributed by atoms with E-state index in [2.05, 4.69) is 10.3 Å². The molecule has 1 fully saturated rings. The van der Waals surface area contributed by atoms with Crippen LogP contribution in [0.25, 0.3) is 0 Å². The van der Waals surface area contributed by atoms with Gasteiger partial charge in [-0.05, 0) is 36.4 Å². The number of sulfonamides is 1. The number of hydrogen-bond donors (Lipinski definition) is 2. The number of amides is 1. The van der Waals surface area contributed by atoms with Crippen LogP contribution in [0.1, 0.15) is 12.8 Å². The van der Waals surface area contributed by atoms with E-state index in [9.17, 15) is 13.2 Å². The Labute approximate surface area is 150 Å². The van der Waals surface area contributed by atoms with Gasteiger partial charge in [0.2, 0.25) is 5.91 Å². The van der Waals surface area contributed by atoms with Crippen LogP contribution in [-0.4, -0.2) is 36.2 Å².